The molecule has 4 aromatic heterocycles. The topological polar surface area (TPSA) is 122 Å². The lowest BCUT2D eigenvalue weighted by molar-refractivity contribution is -0.00177. The summed E-state index contributed by atoms with van der Waals surface area (Å²) >= 11 is 6.00. The number of rotatable bonds is 10. The van der Waals surface area contributed by atoms with Gasteiger partial charge in [0.15, 0.2) is 5.65 Å². The first kappa shape index (κ1) is 25.5. The van der Waals surface area contributed by atoms with E-state index in [9.17, 15) is 18.7 Å². The number of aromatic nitrogens is 6. The van der Waals surface area contributed by atoms with Crippen molar-refractivity contribution in [3.63, 3.8) is 0 Å². The van der Waals surface area contributed by atoms with Crippen LogP contribution in [0, 0.1) is 0 Å². The van der Waals surface area contributed by atoms with Gasteiger partial charge in [0.2, 0.25) is 0 Å². The molecule has 10 nitrogen and oxygen atoms in total. The standard InChI is InChI=1S/C23H25ClF2N8O2/c1-23(2,36)20(26)12-29-22(35)16-10-27-18(19-11-28-21-6-14(24)8-31-34(19)21)7-17(16)32-15-9-30-33(13-15)5-3-4-25/h6-11,13,20,36H,3-5,12H2,1-2H3,(H,27,32)(H,29,35)/t20-/m1/s1. The van der Waals surface area contributed by atoms with Crippen molar-refractivity contribution in [2.45, 2.75) is 38.6 Å². The Morgan fingerprint density at radius 3 is 2.75 bits per heavy atom. The van der Waals surface area contributed by atoms with E-state index in [4.69, 9.17) is 11.6 Å². The second-order valence-electron chi connectivity index (χ2n) is 8.69. The van der Waals surface area contributed by atoms with Gasteiger partial charge in [-0.1, -0.05) is 11.6 Å². The van der Waals surface area contributed by atoms with Crippen LogP contribution in [0.25, 0.3) is 17.0 Å². The number of aryl methyl sites for hydroxylation is 1. The average Bonchev–Trinajstić information content (AvgIpc) is 3.46. The number of nitrogens with one attached hydrogen (secondary N) is 2. The van der Waals surface area contributed by atoms with Gasteiger partial charge in [-0.2, -0.15) is 10.2 Å². The van der Waals surface area contributed by atoms with Crippen LogP contribution in [0.15, 0.2) is 43.1 Å². The number of anilines is 2. The summed E-state index contributed by atoms with van der Waals surface area (Å²) in [5.74, 6) is -0.587. The Labute approximate surface area is 210 Å². The molecule has 4 heterocycles. The second-order valence-corrected chi connectivity index (χ2v) is 9.13. The minimum atomic E-state index is -1.67. The van der Waals surface area contributed by atoms with E-state index in [1.807, 2.05) is 0 Å². The van der Waals surface area contributed by atoms with Gasteiger partial charge in [0, 0.05) is 25.0 Å². The number of carbonyl (C=O) groups is 1. The fourth-order valence-corrected chi connectivity index (χ4v) is 3.50. The maximum Gasteiger partial charge on any atom is 0.255 e. The predicted molar refractivity (Wildman–Crippen MR) is 131 cm³/mol. The van der Waals surface area contributed by atoms with Crippen molar-refractivity contribution >= 4 is 34.5 Å². The van der Waals surface area contributed by atoms with Gasteiger partial charge in [0.25, 0.3) is 5.91 Å². The molecule has 0 saturated carbocycles. The summed E-state index contributed by atoms with van der Waals surface area (Å²) in [6, 6.07) is 3.29. The van der Waals surface area contributed by atoms with Crippen molar-refractivity contribution in [3.05, 3.63) is 53.7 Å². The van der Waals surface area contributed by atoms with E-state index >= 15 is 0 Å². The maximum atomic E-state index is 14.2. The highest BCUT2D eigenvalue weighted by Crippen LogP contribution is 2.27. The summed E-state index contributed by atoms with van der Waals surface area (Å²) in [7, 11) is 0. The highest BCUT2D eigenvalue weighted by Gasteiger charge is 2.27. The van der Waals surface area contributed by atoms with Gasteiger partial charge in [-0.3, -0.25) is 18.9 Å². The number of fused-ring (bicyclic) bond motifs is 1. The highest BCUT2D eigenvalue weighted by molar-refractivity contribution is 6.30. The van der Waals surface area contributed by atoms with E-state index < -0.39 is 24.4 Å². The molecule has 36 heavy (non-hydrogen) atoms. The highest BCUT2D eigenvalue weighted by atomic mass is 35.5. The van der Waals surface area contributed by atoms with Crippen molar-refractivity contribution in [1.29, 1.82) is 0 Å². The quantitative estimate of drug-likeness (QED) is 0.293. The molecule has 0 aliphatic heterocycles. The molecule has 13 heteroatoms. The molecule has 0 fully saturated rings. The molecular weight excluding hydrogens is 494 g/mol. The summed E-state index contributed by atoms with van der Waals surface area (Å²) in [6.45, 7) is 2.20. The fraction of sp³-hybridized carbons (Fsp3) is 0.348. The number of imidazole rings is 1. The number of aliphatic hydroxyl groups is 1. The SMILES string of the molecule is CC(C)(O)[C@H](F)CNC(=O)c1cnc(-c2cnc3cc(Cl)cnn23)cc1Nc1cnn(CCCF)c1. The van der Waals surface area contributed by atoms with E-state index in [0.29, 0.717) is 46.4 Å². The first-order valence-corrected chi connectivity index (χ1v) is 11.5. The molecule has 0 aliphatic carbocycles. The lowest BCUT2D eigenvalue weighted by atomic mass is 10.0. The molecule has 0 unspecified atom stereocenters. The summed E-state index contributed by atoms with van der Waals surface area (Å²) in [5.41, 5.74) is 0.993. The van der Waals surface area contributed by atoms with Crippen LogP contribution >= 0.6 is 11.6 Å². The molecule has 0 bridgehead atoms. The first-order valence-electron chi connectivity index (χ1n) is 11.2. The number of halogens is 3. The van der Waals surface area contributed by atoms with Crippen LogP contribution in [0.5, 0.6) is 0 Å². The number of hydrogen-bond acceptors (Lipinski definition) is 7. The number of nitrogens with zero attached hydrogens (tertiary/aromatic N) is 6. The molecule has 0 saturated heterocycles. The van der Waals surface area contributed by atoms with Crippen LogP contribution in [-0.2, 0) is 6.54 Å². The number of pyridine rings is 1. The van der Waals surface area contributed by atoms with E-state index in [-0.39, 0.29) is 12.1 Å². The van der Waals surface area contributed by atoms with Gasteiger partial charge < -0.3 is 15.7 Å². The zero-order valence-electron chi connectivity index (χ0n) is 19.6. The second kappa shape index (κ2) is 10.5. The van der Waals surface area contributed by atoms with Gasteiger partial charge in [0.1, 0.15) is 11.9 Å². The van der Waals surface area contributed by atoms with Crippen LogP contribution in [-0.4, -0.2) is 65.4 Å². The molecule has 0 spiro atoms. The molecule has 3 N–H and O–H groups in total. The number of amides is 1. The maximum absolute atomic E-state index is 14.2. The Balaban J connectivity index is 1.67. The minimum absolute atomic E-state index is 0.142. The third kappa shape index (κ3) is 5.77. The van der Waals surface area contributed by atoms with Gasteiger partial charge in [-0.05, 0) is 26.3 Å². The van der Waals surface area contributed by atoms with Crippen molar-refractivity contribution in [2.24, 2.45) is 0 Å². The number of alkyl halides is 2. The smallest absolute Gasteiger partial charge is 0.255 e. The van der Waals surface area contributed by atoms with Crippen molar-refractivity contribution in [3.8, 4) is 11.4 Å². The summed E-state index contributed by atoms with van der Waals surface area (Å²) in [6.07, 6.45) is 6.29. The molecule has 0 aliphatic rings. The molecule has 0 aromatic carbocycles. The Hall–Kier alpha value is -3.64. The van der Waals surface area contributed by atoms with Gasteiger partial charge in [0.05, 0.1) is 65.1 Å². The Bertz CT molecular complexity index is 1370. The third-order valence-electron chi connectivity index (χ3n) is 5.38. The Morgan fingerprint density at radius 2 is 2.00 bits per heavy atom. The van der Waals surface area contributed by atoms with E-state index in [1.165, 1.54) is 26.2 Å². The van der Waals surface area contributed by atoms with Crippen LogP contribution in [0.3, 0.4) is 0 Å². The van der Waals surface area contributed by atoms with E-state index in [0.717, 1.165) is 0 Å². The molecule has 1 atom stereocenters. The van der Waals surface area contributed by atoms with Gasteiger partial charge in [-0.25, -0.2) is 13.9 Å². The zero-order valence-corrected chi connectivity index (χ0v) is 20.4. The van der Waals surface area contributed by atoms with Crippen molar-refractivity contribution < 1.29 is 18.7 Å². The van der Waals surface area contributed by atoms with Crippen LogP contribution in [0.4, 0.5) is 20.2 Å². The van der Waals surface area contributed by atoms with Crippen LogP contribution < -0.4 is 10.6 Å². The van der Waals surface area contributed by atoms with E-state index in [1.54, 1.807) is 39.9 Å². The normalized spacial score (nSPS) is 12.6. The first-order chi connectivity index (χ1) is 17.2. The molecule has 1 amide bonds. The van der Waals surface area contributed by atoms with Gasteiger partial charge in [-0.15, -0.1) is 0 Å². The van der Waals surface area contributed by atoms with Crippen LogP contribution in [0.1, 0.15) is 30.6 Å². The molecule has 190 valence electrons. The lowest BCUT2D eigenvalue weighted by Crippen LogP contribution is -2.42. The fourth-order valence-electron chi connectivity index (χ4n) is 3.36. The number of carbonyl (C=O) groups excluding carboxylic acids is 1. The average molecular weight is 519 g/mol. The molecule has 4 aromatic rings. The van der Waals surface area contributed by atoms with Crippen molar-refractivity contribution in [1.82, 2.24) is 34.7 Å². The summed E-state index contributed by atoms with van der Waals surface area (Å²) < 4.78 is 29.9. The number of hydrogen-bond donors (Lipinski definition) is 3. The molecular formula is C23H25ClF2N8O2. The monoisotopic (exact) mass is 518 g/mol. The van der Waals surface area contributed by atoms with E-state index in [2.05, 4.69) is 30.8 Å². The largest absolute Gasteiger partial charge is 0.387 e. The summed E-state index contributed by atoms with van der Waals surface area (Å²) in [4.78, 5) is 21.6. The van der Waals surface area contributed by atoms with Gasteiger partial charge >= 0.3 is 0 Å². The van der Waals surface area contributed by atoms with Crippen molar-refractivity contribution in [2.75, 3.05) is 18.5 Å². The van der Waals surface area contributed by atoms with Crippen LogP contribution in [0.2, 0.25) is 5.02 Å². The molecule has 4 rings (SSSR count). The lowest BCUT2D eigenvalue weighted by Gasteiger charge is -2.22. The minimum Gasteiger partial charge on any atom is -0.387 e. The summed E-state index contributed by atoms with van der Waals surface area (Å²) in [5, 5.41) is 24.3. The Kier molecular flexibility index (Phi) is 7.45. The Morgan fingerprint density at radius 1 is 1.19 bits per heavy atom. The third-order valence-corrected chi connectivity index (χ3v) is 5.59. The zero-order chi connectivity index (χ0) is 25.9. The molecule has 0 radical (unpaired) electrons. The predicted octanol–water partition coefficient (Wildman–Crippen LogP) is 3.58.